The number of aliphatic carboxylic acids is 1. The maximum atomic E-state index is 12.5. The standard InChI is InChI=1S/C12H10BrIN2O4/c13-6-1-2-8(14)7(3-6)11(18)16-5-10(17)15-4-9(16)12(19)20/h1-3,9H,4-5H2,(H,15,17)(H,19,20). The Morgan fingerprint density at radius 1 is 1.45 bits per heavy atom. The molecule has 2 N–H and O–H groups in total. The van der Waals surface area contributed by atoms with E-state index in [-0.39, 0.29) is 19.0 Å². The summed E-state index contributed by atoms with van der Waals surface area (Å²) in [5.41, 5.74) is 0.376. The molecule has 106 valence electrons. The molecule has 0 bridgehead atoms. The van der Waals surface area contributed by atoms with Crippen molar-refractivity contribution < 1.29 is 19.5 Å². The summed E-state index contributed by atoms with van der Waals surface area (Å²) in [5.74, 6) is -1.96. The molecular weight excluding hydrogens is 443 g/mol. The molecule has 1 atom stereocenters. The van der Waals surface area contributed by atoms with Gasteiger partial charge in [-0.2, -0.15) is 0 Å². The van der Waals surface area contributed by atoms with E-state index in [0.29, 0.717) is 9.13 Å². The zero-order valence-corrected chi connectivity index (χ0v) is 13.8. The number of hydrogen-bond acceptors (Lipinski definition) is 3. The fourth-order valence-electron chi connectivity index (χ4n) is 1.89. The second kappa shape index (κ2) is 6.08. The molecular formula is C12H10BrIN2O4. The zero-order chi connectivity index (χ0) is 14.9. The van der Waals surface area contributed by atoms with E-state index in [1.807, 2.05) is 22.6 Å². The van der Waals surface area contributed by atoms with E-state index in [1.165, 1.54) is 0 Å². The largest absolute Gasteiger partial charge is 0.480 e. The SMILES string of the molecule is O=C1CN(C(=O)c2cc(Br)ccc2I)C(C(=O)O)CN1. The van der Waals surface area contributed by atoms with Crippen molar-refractivity contribution in [2.24, 2.45) is 0 Å². The molecule has 8 heteroatoms. The quantitative estimate of drug-likeness (QED) is 0.657. The lowest BCUT2D eigenvalue weighted by Crippen LogP contribution is -2.59. The lowest BCUT2D eigenvalue weighted by Gasteiger charge is -2.33. The summed E-state index contributed by atoms with van der Waals surface area (Å²) in [6.45, 7) is -0.330. The zero-order valence-electron chi connectivity index (χ0n) is 10.1. The molecule has 6 nitrogen and oxygen atoms in total. The number of carboxylic acid groups (broad SMARTS) is 1. The molecule has 0 saturated carbocycles. The van der Waals surface area contributed by atoms with Gasteiger partial charge in [-0.25, -0.2) is 4.79 Å². The smallest absolute Gasteiger partial charge is 0.328 e. The number of hydrogen-bond donors (Lipinski definition) is 2. The van der Waals surface area contributed by atoms with E-state index >= 15 is 0 Å². The van der Waals surface area contributed by atoms with Gasteiger partial charge in [0.2, 0.25) is 5.91 Å². The number of amides is 2. The van der Waals surface area contributed by atoms with Crippen LogP contribution in [-0.4, -0.2) is 46.9 Å². The first-order valence-electron chi connectivity index (χ1n) is 5.65. The minimum absolute atomic E-state index is 0.0789. The van der Waals surface area contributed by atoms with E-state index in [2.05, 4.69) is 21.2 Å². The highest BCUT2D eigenvalue weighted by molar-refractivity contribution is 14.1. The predicted molar refractivity (Wildman–Crippen MR) is 82.3 cm³/mol. The van der Waals surface area contributed by atoms with Gasteiger partial charge < -0.3 is 15.3 Å². The van der Waals surface area contributed by atoms with Crippen LogP contribution >= 0.6 is 38.5 Å². The lowest BCUT2D eigenvalue weighted by atomic mass is 10.1. The minimum Gasteiger partial charge on any atom is -0.480 e. The molecule has 0 radical (unpaired) electrons. The van der Waals surface area contributed by atoms with Crippen molar-refractivity contribution in [3.05, 3.63) is 31.8 Å². The molecule has 0 aliphatic carbocycles. The van der Waals surface area contributed by atoms with E-state index in [4.69, 9.17) is 5.11 Å². The van der Waals surface area contributed by atoms with Crippen LogP contribution in [0.15, 0.2) is 22.7 Å². The van der Waals surface area contributed by atoms with E-state index in [1.54, 1.807) is 18.2 Å². The van der Waals surface area contributed by atoms with E-state index < -0.39 is 17.9 Å². The topological polar surface area (TPSA) is 86.7 Å². The molecule has 1 heterocycles. The molecule has 2 amide bonds. The Morgan fingerprint density at radius 3 is 2.80 bits per heavy atom. The summed E-state index contributed by atoms with van der Waals surface area (Å²) in [6.07, 6.45) is 0. The molecule has 1 aromatic carbocycles. The van der Waals surface area contributed by atoms with E-state index in [0.717, 1.165) is 9.37 Å². The van der Waals surface area contributed by atoms with Gasteiger partial charge in [0.15, 0.2) is 0 Å². The molecule has 0 spiro atoms. The van der Waals surface area contributed by atoms with Crippen molar-refractivity contribution in [1.82, 2.24) is 10.2 Å². The minimum atomic E-state index is -1.14. The van der Waals surface area contributed by atoms with Crippen molar-refractivity contribution in [3.63, 3.8) is 0 Å². The molecule has 2 rings (SSSR count). The van der Waals surface area contributed by atoms with Crippen molar-refractivity contribution in [2.75, 3.05) is 13.1 Å². The van der Waals surface area contributed by atoms with Gasteiger partial charge in [0.25, 0.3) is 5.91 Å². The monoisotopic (exact) mass is 452 g/mol. The molecule has 1 aliphatic heterocycles. The van der Waals surface area contributed by atoms with Crippen LogP contribution in [0.5, 0.6) is 0 Å². The van der Waals surface area contributed by atoms with Crippen molar-refractivity contribution in [3.8, 4) is 0 Å². The molecule has 1 aliphatic rings. The average Bonchev–Trinajstić information content (AvgIpc) is 2.40. The number of nitrogens with one attached hydrogen (secondary N) is 1. The summed E-state index contributed by atoms with van der Waals surface area (Å²) in [6, 6.07) is 4.11. The maximum Gasteiger partial charge on any atom is 0.328 e. The van der Waals surface area contributed by atoms with E-state index in [9.17, 15) is 14.4 Å². The van der Waals surface area contributed by atoms with Crippen LogP contribution < -0.4 is 5.32 Å². The van der Waals surface area contributed by atoms with Crippen LogP contribution in [0.3, 0.4) is 0 Å². The number of halogens is 2. The number of carbonyl (C=O) groups is 3. The van der Waals surface area contributed by atoms with Gasteiger partial charge in [0.1, 0.15) is 12.6 Å². The third-order valence-corrected chi connectivity index (χ3v) is 4.32. The first-order chi connectivity index (χ1) is 9.40. The Morgan fingerprint density at radius 2 is 2.15 bits per heavy atom. The number of rotatable bonds is 2. The second-order valence-electron chi connectivity index (χ2n) is 4.22. The van der Waals surface area contributed by atoms with Crippen molar-refractivity contribution in [1.29, 1.82) is 0 Å². The van der Waals surface area contributed by atoms with Crippen LogP contribution in [0.4, 0.5) is 0 Å². The number of benzene rings is 1. The number of carboxylic acids is 1. The molecule has 20 heavy (non-hydrogen) atoms. The van der Waals surface area contributed by atoms with Gasteiger partial charge in [0.05, 0.1) is 5.56 Å². The Hall–Kier alpha value is -1.16. The Balaban J connectivity index is 2.36. The fourth-order valence-corrected chi connectivity index (χ4v) is 2.82. The van der Waals surface area contributed by atoms with Gasteiger partial charge in [-0.3, -0.25) is 9.59 Å². The third-order valence-electron chi connectivity index (χ3n) is 2.89. The normalized spacial score (nSPS) is 18.6. The van der Waals surface area contributed by atoms with Crippen molar-refractivity contribution >= 4 is 56.3 Å². The number of carbonyl (C=O) groups excluding carboxylic acids is 2. The van der Waals surface area contributed by atoms with Gasteiger partial charge in [-0.05, 0) is 40.8 Å². The second-order valence-corrected chi connectivity index (χ2v) is 6.29. The highest BCUT2D eigenvalue weighted by atomic mass is 127. The summed E-state index contributed by atoms with van der Waals surface area (Å²) in [4.78, 5) is 36.2. The average molecular weight is 453 g/mol. The number of piperazine rings is 1. The van der Waals surface area contributed by atoms with Gasteiger partial charge in [-0.15, -0.1) is 0 Å². The Labute approximate surface area is 136 Å². The van der Waals surface area contributed by atoms with Crippen LogP contribution in [-0.2, 0) is 9.59 Å². The summed E-state index contributed by atoms with van der Waals surface area (Å²) in [5, 5.41) is 11.6. The lowest BCUT2D eigenvalue weighted by molar-refractivity contribution is -0.144. The first-order valence-corrected chi connectivity index (χ1v) is 7.53. The summed E-state index contributed by atoms with van der Waals surface area (Å²) >= 11 is 5.28. The van der Waals surface area contributed by atoms with Crippen LogP contribution in [0.1, 0.15) is 10.4 Å². The molecule has 1 fully saturated rings. The molecule has 1 unspecified atom stereocenters. The van der Waals surface area contributed by atoms with Gasteiger partial charge >= 0.3 is 5.97 Å². The highest BCUT2D eigenvalue weighted by Crippen LogP contribution is 2.21. The fraction of sp³-hybridized carbons (Fsp3) is 0.250. The van der Waals surface area contributed by atoms with Gasteiger partial charge in [-0.1, -0.05) is 15.9 Å². The first kappa shape index (κ1) is 15.2. The van der Waals surface area contributed by atoms with Crippen LogP contribution in [0.2, 0.25) is 0 Å². The highest BCUT2D eigenvalue weighted by Gasteiger charge is 2.36. The predicted octanol–water partition coefficient (Wildman–Crippen LogP) is 1.08. The summed E-state index contributed by atoms with van der Waals surface area (Å²) in [7, 11) is 0. The van der Waals surface area contributed by atoms with Gasteiger partial charge in [0, 0.05) is 14.6 Å². The van der Waals surface area contributed by atoms with Crippen LogP contribution in [0.25, 0.3) is 0 Å². The number of nitrogens with zero attached hydrogens (tertiary/aromatic N) is 1. The Bertz CT molecular complexity index is 593. The summed E-state index contributed by atoms with van der Waals surface area (Å²) < 4.78 is 1.42. The molecule has 1 saturated heterocycles. The Kier molecular flexibility index (Phi) is 4.63. The van der Waals surface area contributed by atoms with Crippen LogP contribution in [0, 0.1) is 3.57 Å². The molecule has 0 aromatic heterocycles. The third kappa shape index (κ3) is 3.11. The molecule has 1 aromatic rings. The van der Waals surface area contributed by atoms with Crippen molar-refractivity contribution in [2.45, 2.75) is 6.04 Å². The maximum absolute atomic E-state index is 12.5.